The molecule has 3 rings (SSSR count). The van der Waals surface area contributed by atoms with E-state index < -0.39 is 10.0 Å². The van der Waals surface area contributed by atoms with Gasteiger partial charge in [-0.15, -0.1) is 0 Å². The quantitative estimate of drug-likeness (QED) is 0.698. The molecule has 1 heterocycles. The number of sulfonamides is 1. The van der Waals surface area contributed by atoms with Crippen LogP contribution in [-0.4, -0.2) is 54.6 Å². The minimum absolute atomic E-state index is 0.108. The number of aromatic nitrogens is 2. The smallest absolute Gasteiger partial charge is 0.258 e. The molecule has 1 N–H and O–H groups in total. The molecule has 0 aliphatic heterocycles. The van der Waals surface area contributed by atoms with Gasteiger partial charge in [-0.3, -0.25) is 9.59 Å². The first-order valence-electron chi connectivity index (χ1n) is 8.46. The average molecular weight is 400 g/mol. The zero-order chi connectivity index (χ0) is 20.5. The SMILES string of the molecule is CN(Cc1nc2ccccc2c(=O)[nH]1)C(=O)c1ccc(S(=O)(=O)N(C)C)cc1. The first-order valence-corrected chi connectivity index (χ1v) is 9.90. The van der Waals surface area contributed by atoms with Crippen LogP contribution >= 0.6 is 0 Å². The van der Waals surface area contributed by atoms with E-state index in [0.29, 0.717) is 22.3 Å². The van der Waals surface area contributed by atoms with Crippen LogP contribution in [0.2, 0.25) is 0 Å². The van der Waals surface area contributed by atoms with Crippen LogP contribution in [0.1, 0.15) is 16.2 Å². The van der Waals surface area contributed by atoms with Gasteiger partial charge in [0.25, 0.3) is 11.5 Å². The lowest BCUT2D eigenvalue weighted by atomic mass is 10.2. The molecule has 0 saturated heterocycles. The van der Waals surface area contributed by atoms with Gasteiger partial charge in [-0.25, -0.2) is 17.7 Å². The zero-order valence-electron chi connectivity index (χ0n) is 15.7. The molecule has 3 aromatic rings. The Balaban J connectivity index is 1.81. The highest BCUT2D eigenvalue weighted by Gasteiger charge is 2.19. The van der Waals surface area contributed by atoms with Crippen molar-refractivity contribution in [3.63, 3.8) is 0 Å². The van der Waals surface area contributed by atoms with E-state index in [1.54, 1.807) is 31.3 Å². The fourth-order valence-electron chi connectivity index (χ4n) is 2.71. The Labute approximate surface area is 162 Å². The van der Waals surface area contributed by atoms with Crippen molar-refractivity contribution in [2.45, 2.75) is 11.4 Å². The maximum Gasteiger partial charge on any atom is 0.258 e. The number of amides is 1. The second kappa shape index (κ2) is 7.53. The van der Waals surface area contributed by atoms with E-state index in [2.05, 4.69) is 9.97 Å². The lowest BCUT2D eigenvalue weighted by Crippen LogP contribution is -2.28. The standard InChI is InChI=1S/C19H20N4O4S/c1-22(2)28(26,27)14-10-8-13(9-11-14)19(25)23(3)12-17-20-16-7-5-4-6-15(16)18(24)21-17/h4-11H,12H2,1-3H3,(H,20,21,24). The molecule has 0 bridgehead atoms. The van der Waals surface area contributed by atoms with Crippen LogP contribution in [0.25, 0.3) is 10.9 Å². The number of nitrogens with zero attached hydrogens (tertiary/aromatic N) is 3. The third kappa shape index (κ3) is 3.80. The average Bonchev–Trinajstić information content (AvgIpc) is 2.67. The fourth-order valence-corrected chi connectivity index (χ4v) is 3.61. The molecule has 0 saturated carbocycles. The first kappa shape index (κ1) is 19.7. The minimum atomic E-state index is -3.56. The summed E-state index contributed by atoms with van der Waals surface area (Å²) in [5.41, 5.74) is 0.628. The number of nitrogens with one attached hydrogen (secondary N) is 1. The summed E-state index contributed by atoms with van der Waals surface area (Å²) in [5.74, 6) is 0.0518. The molecule has 146 valence electrons. The van der Waals surface area contributed by atoms with Gasteiger partial charge >= 0.3 is 0 Å². The van der Waals surface area contributed by atoms with Crippen LogP contribution in [0.15, 0.2) is 58.2 Å². The summed E-state index contributed by atoms with van der Waals surface area (Å²) in [5, 5.41) is 0.484. The van der Waals surface area contributed by atoms with Crippen molar-refractivity contribution < 1.29 is 13.2 Å². The number of aromatic amines is 1. The van der Waals surface area contributed by atoms with E-state index in [0.717, 1.165) is 4.31 Å². The molecular formula is C19H20N4O4S. The lowest BCUT2D eigenvalue weighted by molar-refractivity contribution is 0.0781. The highest BCUT2D eigenvalue weighted by atomic mass is 32.2. The number of benzene rings is 2. The van der Waals surface area contributed by atoms with E-state index in [1.807, 2.05) is 0 Å². The van der Waals surface area contributed by atoms with Crippen molar-refractivity contribution in [1.82, 2.24) is 19.2 Å². The number of para-hydroxylation sites is 1. The normalized spacial score (nSPS) is 11.7. The maximum atomic E-state index is 12.6. The van der Waals surface area contributed by atoms with Crippen LogP contribution in [0.5, 0.6) is 0 Å². The van der Waals surface area contributed by atoms with Crippen LogP contribution in [0, 0.1) is 0 Å². The number of fused-ring (bicyclic) bond motifs is 1. The van der Waals surface area contributed by atoms with E-state index in [4.69, 9.17) is 0 Å². The van der Waals surface area contributed by atoms with Gasteiger partial charge in [-0.1, -0.05) is 12.1 Å². The van der Waals surface area contributed by atoms with Gasteiger partial charge in [0.2, 0.25) is 10.0 Å². The monoisotopic (exact) mass is 400 g/mol. The Hall–Kier alpha value is -3.04. The first-order chi connectivity index (χ1) is 13.2. The van der Waals surface area contributed by atoms with E-state index in [9.17, 15) is 18.0 Å². The molecule has 28 heavy (non-hydrogen) atoms. The van der Waals surface area contributed by atoms with Gasteiger partial charge < -0.3 is 9.88 Å². The Morgan fingerprint density at radius 3 is 2.32 bits per heavy atom. The predicted octanol–water partition coefficient (Wildman–Crippen LogP) is 1.45. The van der Waals surface area contributed by atoms with Gasteiger partial charge in [0.05, 0.1) is 22.3 Å². The largest absolute Gasteiger partial charge is 0.334 e. The highest BCUT2D eigenvalue weighted by Crippen LogP contribution is 2.15. The Kier molecular flexibility index (Phi) is 5.30. The molecule has 0 aliphatic carbocycles. The molecule has 9 heteroatoms. The Morgan fingerprint density at radius 1 is 1.04 bits per heavy atom. The molecule has 0 radical (unpaired) electrons. The number of hydrogen-bond acceptors (Lipinski definition) is 5. The maximum absolute atomic E-state index is 12.6. The Bertz CT molecular complexity index is 1180. The molecule has 0 aliphatic rings. The molecule has 0 fully saturated rings. The molecule has 1 aromatic heterocycles. The summed E-state index contributed by atoms with van der Waals surface area (Å²) in [6.07, 6.45) is 0. The molecule has 2 aromatic carbocycles. The second-order valence-corrected chi connectivity index (χ2v) is 8.65. The third-order valence-corrected chi connectivity index (χ3v) is 6.10. The van der Waals surface area contributed by atoms with E-state index in [1.165, 1.54) is 43.3 Å². The number of carbonyl (C=O) groups excluding carboxylic acids is 1. The topological polar surface area (TPSA) is 103 Å². The zero-order valence-corrected chi connectivity index (χ0v) is 16.5. The van der Waals surface area contributed by atoms with E-state index in [-0.39, 0.29) is 22.9 Å². The summed E-state index contributed by atoms with van der Waals surface area (Å²) in [4.78, 5) is 33.4. The van der Waals surface area contributed by atoms with Crippen molar-refractivity contribution in [3.05, 3.63) is 70.3 Å². The van der Waals surface area contributed by atoms with Gasteiger partial charge in [0.1, 0.15) is 5.82 Å². The molecular weight excluding hydrogens is 380 g/mol. The lowest BCUT2D eigenvalue weighted by Gasteiger charge is -2.17. The predicted molar refractivity (Wildman–Crippen MR) is 105 cm³/mol. The molecule has 0 atom stereocenters. The molecule has 0 spiro atoms. The van der Waals surface area contributed by atoms with Gasteiger partial charge in [-0.2, -0.15) is 0 Å². The van der Waals surface area contributed by atoms with E-state index >= 15 is 0 Å². The summed E-state index contributed by atoms with van der Waals surface area (Å²) >= 11 is 0. The minimum Gasteiger partial charge on any atom is -0.334 e. The van der Waals surface area contributed by atoms with Crippen molar-refractivity contribution in [3.8, 4) is 0 Å². The molecule has 1 amide bonds. The summed E-state index contributed by atoms with van der Waals surface area (Å²) in [6.45, 7) is 0.108. The van der Waals surface area contributed by atoms with Crippen LogP contribution in [-0.2, 0) is 16.6 Å². The molecule has 8 nitrogen and oxygen atoms in total. The number of carbonyl (C=O) groups is 1. The molecule has 0 unspecified atom stereocenters. The summed E-state index contributed by atoms with van der Waals surface area (Å²) < 4.78 is 25.3. The van der Waals surface area contributed by atoms with Crippen LogP contribution in [0.4, 0.5) is 0 Å². The van der Waals surface area contributed by atoms with Crippen molar-refractivity contribution in [2.24, 2.45) is 0 Å². The fraction of sp³-hybridized carbons (Fsp3) is 0.211. The summed E-state index contributed by atoms with van der Waals surface area (Å²) in [6, 6.07) is 12.7. The van der Waals surface area contributed by atoms with Gasteiger partial charge in [-0.05, 0) is 36.4 Å². The van der Waals surface area contributed by atoms with Crippen LogP contribution in [0.3, 0.4) is 0 Å². The van der Waals surface area contributed by atoms with Crippen LogP contribution < -0.4 is 5.56 Å². The van der Waals surface area contributed by atoms with Crippen molar-refractivity contribution in [1.29, 1.82) is 0 Å². The van der Waals surface area contributed by atoms with Gasteiger partial charge in [0, 0.05) is 26.7 Å². The third-order valence-electron chi connectivity index (χ3n) is 4.28. The highest BCUT2D eigenvalue weighted by molar-refractivity contribution is 7.89. The van der Waals surface area contributed by atoms with Gasteiger partial charge in [0.15, 0.2) is 0 Å². The van der Waals surface area contributed by atoms with Crippen molar-refractivity contribution in [2.75, 3.05) is 21.1 Å². The number of H-pyrrole nitrogens is 1. The summed E-state index contributed by atoms with van der Waals surface area (Å²) in [7, 11) is 0.918. The number of hydrogen-bond donors (Lipinski definition) is 1. The second-order valence-electron chi connectivity index (χ2n) is 6.50. The number of rotatable bonds is 5. The van der Waals surface area contributed by atoms with Crippen molar-refractivity contribution >= 4 is 26.8 Å². The Morgan fingerprint density at radius 2 is 1.68 bits per heavy atom.